The maximum atomic E-state index is 12.7. The number of fused-ring (bicyclic) bond motifs is 1. The van der Waals surface area contributed by atoms with Crippen molar-refractivity contribution in [2.75, 3.05) is 32.9 Å². The number of aromatic nitrogens is 2. The SMILES string of the molecule is O=C(c1cccnc1)N1C[C@@H]2COC[C@]2(COCc2ccccn2)C1. The van der Waals surface area contributed by atoms with Crippen molar-refractivity contribution in [1.82, 2.24) is 14.9 Å². The van der Waals surface area contributed by atoms with Crippen molar-refractivity contribution in [1.29, 1.82) is 0 Å². The molecule has 130 valence electrons. The quantitative estimate of drug-likeness (QED) is 0.831. The molecule has 0 aliphatic carbocycles. The molecule has 0 unspecified atom stereocenters. The number of amides is 1. The summed E-state index contributed by atoms with van der Waals surface area (Å²) in [7, 11) is 0. The van der Waals surface area contributed by atoms with Gasteiger partial charge >= 0.3 is 0 Å². The number of pyridine rings is 2. The fourth-order valence-electron chi connectivity index (χ4n) is 3.70. The van der Waals surface area contributed by atoms with E-state index in [1.54, 1.807) is 24.7 Å². The molecule has 4 heterocycles. The summed E-state index contributed by atoms with van der Waals surface area (Å²) in [5.74, 6) is 0.350. The zero-order valence-corrected chi connectivity index (χ0v) is 14.0. The molecule has 2 fully saturated rings. The van der Waals surface area contributed by atoms with Crippen LogP contribution in [-0.2, 0) is 16.1 Å². The summed E-state index contributed by atoms with van der Waals surface area (Å²) < 4.78 is 11.7. The molecule has 1 amide bonds. The van der Waals surface area contributed by atoms with Crippen LogP contribution in [0.4, 0.5) is 0 Å². The van der Waals surface area contributed by atoms with Crippen LogP contribution < -0.4 is 0 Å². The topological polar surface area (TPSA) is 64.6 Å². The molecule has 2 atom stereocenters. The molecule has 4 rings (SSSR count). The Kier molecular flexibility index (Phi) is 4.46. The van der Waals surface area contributed by atoms with Crippen LogP contribution in [0.15, 0.2) is 48.9 Å². The van der Waals surface area contributed by atoms with Gasteiger partial charge in [0.05, 0.1) is 37.7 Å². The van der Waals surface area contributed by atoms with Crippen molar-refractivity contribution in [3.8, 4) is 0 Å². The largest absolute Gasteiger partial charge is 0.380 e. The Bertz CT molecular complexity index is 725. The summed E-state index contributed by atoms with van der Waals surface area (Å²) in [6, 6.07) is 9.40. The number of hydrogen-bond acceptors (Lipinski definition) is 5. The number of ether oxygens (including phenoxy) is 2. The lowest BCUT2D eigenvalue weighted by molar-refractivity contribution is 0.0175. The van der Waals surface area contributed by atoms with E-state index < -0.39 is 0 Å². The maximum Gasteiger partial charge on any atom is 0.255 e. The van der Waals surface area contributed by atoms with Gasteiger partial charge in [-0.25, -0.2) is 0 Å². The van der Waals surface area contributed by atoms with Gasteiger partial charge in [-0.2, -0.15) is 0 Å². The molecule has 0 N–H and O–H groups in total. The van der Waals surface area contributed by atoms with Gasteiger partial charge in [0.2, 0.25) is 0 Å². The third-order valence-corrected chi connectivity index (χ3v) is 5.08. The molecule has 25 heavy (non-hydrogen) atoms. The first-order valence-corrected chi connectivity index (χ1v) is 8.52. The van der Waals surface area contributed by atoms with Crippen molar-refractivity contribution in [2.24, 2.45) is 11.3 Å². The lowest BCUT2D eigenvalue weighted by Crippen LogP contribution is -2.37. The van der Waals surface area contributed by atoms with E-state index in [0.717, 1.165) is 5.69 Å². The first kappa shape index (κ1) is 16.2. The van der Waals surface area contributed by atoms with Crippen LogP contribution >= 0.6 is 0 Å². The minimum Gasteiger partial charge on any atom is -0.380 e. The van der Waals surface area contributed by atoms with Gasteiger partial charge in [0.1, 0.15) is 0 Å². The van der Waals surface area contributed by atoms with Gasteiger partial charge in [-0.15, -0.1) is 0 Å². The minimum atomic E-state index is -0.118. The van der Waals surface area contributed by atoms with Crippen molar-refractivity contribution in [3.63, 3.8) is 0 Å². The average molecular weight is 339 g/mol. The van der Waals surface area contributed by atoms with E-state index in [4.69, 9.17) is 9.47 Å². The van der Waals surface area contributed by atoms with Crippen molar-refractivity contribution in [3.05, 3.63) is 60.2 Å². The van der Waals surface area contributed by atoms with E-state index in [2.05, 4.69) is 9.97 Å². The van der Waals surface area contributed by atoms with Crippen LogP contribution in [0.1, 0.15) is 16.1 Å². The molecular weight excluding hydrogens is 318 g/mol. The zero-order chi connectivity index (χ0) is 17.1. The second kappa shape index (κ2) is 6.90. The lowest BCUT2D eigenvalue weighted by atomic mass is 9.82. The van der Waals surface area contributed by atoms with Crippen LogP contribution in [0.2, 0.25) is 0 Å². The zero-order valence-electron chi connectivity index (χ0n) is 14.0. The van der Waals surface area contributed by atoms with E-state index in [-0.39, 0.29) is 11.3 Å². The predicted molar refractivity (Wildman–Crippen MR) is 90.8 cm³/mol. The molecule has 6 nitrogen and oxygen atoms in total. The first-order chi connectivity index (χ1) is 12.3. The number of rotatable bonds is 5. The number of likely N-dealkylation sites (tertiary alicyclic amines) is 1. The highest BCUT2D eigenvalue weighted by molar-refractivity contribution is 5.94. The van der Waals surface area contributed by atoms with Crippen molar-refractivity contribution < 1.29 is 14.3 Å². The van der Waals surface area contributed by atoms with Gasteiger partial charge in [0.25, 0.3) is 5.91 Å². The molecule has 0 bridgehead atoms. The number of hydrogen-bond donors (Lipinski definition) is 0. The predicted octanol–water partition coefficient (Wildman–Crippen LogP) is 1.78. The van der Waals surface area contributed by atoms with Crippen LogP contribution in [-0.4, -0.2) is 53.7 Å². The maximum absolute atomic E-state index is 12.7. The molecule has 2 aliphatic rings. The molecular formula is C19H21N3O3. The molecule has 0 spiro atoms. The molecule has 6 heteroatoms. The standard InChI is InChI=1S/C19H21N3O3/c23-18(15-4-3-6-20-8-15)22-9-16-10-24-13-19(16,12-22)14-25-11-17-5-1-2-7-21-17/h1-8,16H,9-14H2/t16-,19+/m1/s1. The van der Waals surface area contributed by atoms with Gasteiger partial charge in [0.15, 0.2) is 0 Å². The summed E-state index contributed by atoms with van der Waals surface area (Å²) in [5.41, 5.74) is 1.43. The second-order valence-corrected chi connectivity index (χ2v) is 6.82. The number of carbonyl (C=O) groups is 1. The summed E-state index contributed by atoms with van der Waals surface area (Å²) in [5, 5.41) is 0. The lowest BCUT2D eigenvalue weighted by Gasteiger charge is -2.26. The molecule has 2 aromatic heterocycles. The Balaban J connectivity index is 1.41. The third-order valence-electron chi connectivity index (χ3n) is 5.08. The highest BCUT2D eigenvalue weighted by Gasteiger charge is 2.52. The summed E-state index contributed by atoms with van der Waals surface area (Å²) >= 11 is 0. The minimum absolute atomic E-state index is 0.0339. The average Bonchev–Trinajstić information content (AvgIpc) is 3.20. The molecule has 2 aromatic rings. The van der Waals surface area contributed by atoms with Crippen LogP contribution in [0.3, 0.4) is 0 Å². The Morgan fingerprint density at radius 1 is 1.32 bits per heavy atom. The molecule has 0 aromatic carbocycles. The Labute approximate surface area is 146 Å². The third kappa shape index (κ3) is 3.27. The summed E-state index contributed by atoms with van der Waals surface area (Å²) in [6.07, 6.45) is 5.07. The molecule has 2 saturated heterocycles. The fraction of sp³-hybridized carbons (Fsp3) is 0.421. The fourth-order valence-corrected chi connectivity index (χ4v) is 3.70. The Morgan fingerprint density at radius 2 is 2.28 bits per heavy atom. The van der Waals surface area contributed by atoms with Gasteiger partial charge in [-0.1, -0.05) is 6.07 Å². The highest BCUT2D eigenvalue weighted by Crippen LogP contribution is 2.42. The Hall–Kier alpha value is -2.31. The second-order valence-electron chi connectivity index (χ2n) is 6.82. The normalized spacial score (nSPS) is 25.1. The van der Waals surface area contributed by atoms with E-state index >= 15 is 0 Å². The summed E-state index contributed by atoms with van der Waals surface area (Å²) in [6.45, 7) is 3.74. The van der Waals surface area contributed by atoms with Crippen LogP contribution in [0.25, 0.3) is 0 Å². The highest BCUT2D eigenvalue weighted by atomic mass is 16.5. The van der Waals surface area contributed by atoms with Crippen LogP contribution in [0.5, 0.6) is 0 Å². The molecule has 2 aliphatic heterocycles. The first-order valence-electron chi connectivity index (χ1n) is 8.52. The summed E-state index contributed by atoms with van der Waals surface area (Å²) in [4.78, 5) is 22.9. The molecule has 0 radical (unpaired) electrons. The van der Waals surface area contributed by atoms with Crippen molar-refractivity contribution in [2.45, 2.75) is 6.61 Å². The van der Waals surface area contributed by atoms with E-state index in [0.29, 0.717) is 51.0 Å². The van der Waals surface area contributed by atoms with Crippen LogP contribution in [0, 0.1) is 11.3 Å². The monoisotopic (exact) mass is 339 g/mol. The smallest absolute Gasteiger partial charge is 0.255 e. The Morgan fingerprint density at radius 3 is 3.08 bits per heavy atom. The van der Waals surface area contributed by atoms with Crippen molar-refractivity contribution >= 4 is 5.91 Å². The van der Waals surface area contributed by atoms with Gasteiger partial charge in [-0.05, 0) is 24.3 Å². The van der Waals surface area contributed by atoms with Gasteiger partial charge < -0.3 is 14.4 Å². The molecule has 0 saturated carbocycles. The number of carbonyl (C=O) groups excluding carboxylic acids is 1. The van der Waals surface area contributed by atoms with E-state index in [1.807, 2.05) is 29.2 Å². The van der Waals surface area contributed by atoms with Gasteiger partial charge in [-0.3, -0.25) is 14.8 Å². The number of nitrogens with zero attached hydrogens (tertiary/aromatic N) is 3. The van der Waals surface area contributed by atoms with E-state index in [9.17, 15) is 4.79 Å². The van der Waals surface area contributed by atoms with E-state index in [1.165, 1.54) is 0 Å². The van der Waals surface area contributed by atoms with Gasteiger partial charge in [0, 0.05) is 43.0 Å².